The molecule has 1 aromatic carbocycles. The summed E-state index contributed by atoms with van der Waals surface area (Å²) in [5, 5.41) is 3.30. The first kappa shape index (κ1) is 15.5. The van der Waals surface area contributed by atoms with E-state index in [0.29, 0.717) is 19.4 Å². The smallest absolute Gasteiger partial charge is 0.305 e. The zero-order chi connectivity index (χ0) is 14.1. The maximum absolute atomic E-state index is 11.0. The van der Waals surface area contributed by atoms with E-state index in [1.54, 1.807) is 0 Å². The Hall–Kier alpha value is -1.55. The van der Waals surface area contributed by atoms with Gasteiger partial charge in [0.15, 0.2) is 0 Å². The predicted octanol–water partition coefficient (Wildman–Crippen LogP) is 2.44. The molecule has 0 spiro atoms. The summed E-state index contributed by atoms with van der Waals surface area (Å²) in [6, 6.07) is 6.14. The van der Waals surface area contributed by atoms with E-state index < -0.39 is 0 Å². The molecule has 0 atom stereocenters. The van der Waals surface area contributed by atoms with Crippen molar-refractivity contribution in [3.63, 3.8) is 0 Å². The topological polar surface area (TPSA) is 47.6 Å². The van der Waals surface area contributed by atoms with Crippen LogP contribution in [-0.4, -0.2) is 26.2 Å². The quantitative estimate of drug-likeness (QED) is 0.579. The van der Waals surface area contributed by atoms with Gasteiger partial charge in [0.25, 0.3) is 0 Å². The van der Waals surface area contributed by atoms with Crippen LogP contribution in [0.25, 0.3) is 0 Å². The van der Waals surface area contributed by atoms with Gasteiger partial charge in [0, 0.05) is 18.5 Å². The second kappa shape index (κ2) is 8.53. The molecule has 1 aromatic rings. The first-order chi connectivity index (χ1) is 9.17. The third kappa shape index (κ3) is 5.75. The van der Waals surface area contributed by atoms with Crippen molar-refractivity contribution in [1.29, 1.82) is 0 Å². The molecule has 0 aliphatic carbocycles. The van der Waals surface area contributed by atoms with Crippen molar-refractivity contribution in [2.24, 2.45) is 0 Å². The number of ether oxygens (including phenoxy) is 2. The Morgan fingerprint density at radius 1 is 1.37 bits per heavy atom. The van der Waals surface area contributed by atoms with Crippen molar-refractivity contribution in [3.8, 4) is 5.75 Å². The first-order valence-corrected chi connectivity index (χ1v) is 6.67. The van der Waals surface area contributed by atoms with Gasteiger partial charge in [-0.3, -0.25) is 4.79 Å². The molecule has 19 heavy (non-hydrogen) atoms. The largest absolute Gasteiger partial charge is 0.493 e. The van der Waals surface area contributed by atoms with E-state index in [0.717, 1.165) is 24.4 Å². The molecule has 1 rings (SSSR count). The van der Waals surface area contributed by atoms with E-state index in [2.05, 4.69) is 30.0 Å². The van der Waals surface area contributed by atoms with E-state index in [1.807, 2.05) is 12.1 Å². The minimum Gasteiger partial charge on any atom is -0.493 e. The summed E-state index contributed by atoms with van der Waals surface area (Å²) in [7, 11) is 1.40. The van der Waals surface area contributed by atoms with Crippen LogP contribution in [-0.2, 0) is 16.1 Å². The van der Waals surface area contributed by atoms with Gasteiger partial charge >= 0.3 is 5.97 Å². The number of esters is 1. The highest BCUT2D eigenvalue weighted by molar-refractivity contribution is 5.69. The van der Waals surface area contributed by atoms with Gasteiger partial charge in [0.2, 0.25) is 0 Å². The molecular weight excluding hydrogens is 242 g/mol. The van der Waals surface area contributed by atoms with Gasteiger partial charge in [0.05, 0.1) is 13.7 Å². The fraction of sp³-hybridized carbons (Fsp3) is 0.533. The van der Waals surface area contributed by atoms with Gasteiger partial charge in [0.1, 0.15) is 5.75 Å². The molecule has 0 bridgehead atoms. The molecule has 0 aromatic heterocycles. The van der Waals surface area contributed by atoms with Crippen LogP contribution in [0, 0.1) is 6.92 Å². The summed E-state index contributed by atoms with van der Waals surface area (Å²) in [5.74, 6) is 0.691. The molecule has 0 saturated carbocycles. The average molecular weight is 265 g/mol. The monoisotopic (exact) mass is 265 g/mol. The Morgan fingerprint density at radius 2 is 2.16 bits per heavy atom. The summed E-state index contributed by atoms with van der Waals surface area (Å²) in [5.41, 5.74) is 2.37. The lowest BCUT2D eigenvalue weighted by Crippen LogP contribution is -2.13. The lowest BCUT2D eigenvalue weighted by Gasteiger charge is -2.12. The summed E-state index contributed by atoms with van der Waals surface area (Å²) in [6.07, 6.45) is 1.06. The minimum absolute atomic E-state index is 0.194. The number of aryl methyl sites for hydroxylation is 1. The highest BCUT2D eigenvalue weighted by Crippen LogP contribution is 2.20. The zero-order valence-corrected chi connectivity index (χ0v) is 12.0. The van der Waals surface area contributed by atoms with Crippen LogP contribution < -0.4 is 10.1 Å². The highest BCUT2D eigenvalue weighted by atomic mass is 16.5. The van der Waals surface area contributed by atoms with E-state index in [9.17, 15) is 4.79 Å². The molecule has 0 amide bonds. The minimum atomic E-state index is -0.194. The summed E-state index contributed by atoms with van der Waals surface area (Å²) >= 11 is 0. The van der Waals surface area contributed by atoms with E-state index >= 15 is 0 Å². The molecule has 0 saturated heterocycles. The molecule has 4 heteroatoms. The molecule has 4 nitrogen and oxygen atoms in total. The Bertz CT molecular complexity index is 404. The fourth-order valence-electron chi connectivity index (χ4n) is 1.75. The van der Waals surface area contributed by atoms with Crippen molar-refractivity contribution < 1.29 is 14.3 Å². The van der Waals surface area contributed by atoms with Gasteiger partial charge in [-0.05, 0) is 26.0 Å². The summed E-state index contributed by atoms with van der Waals surface area (Å²) in [6.45, 7) is 6.39. The Kier molecular flexibility index (Phi) is 6.97. The van der Waals surface area contributed by atoms with Crippen LogP contribution in [0.3, 0.4) is 0 Å². The maximum atomic E-state index is 11.0. The SMILES string of the molecule is CCNCc1cc(C)ccc1OCCCC(=O)OC. The molecule has 0 unspecified atom stereocenters. The van der Waals surface area contributed by atoms with Crippen molar-refractivity contribution >= 4 is 5.97 Å². The number of benzene rings is 1. The second-order valence-corrected chi connectivity index (χ2v) is 4.42. The van der Waals surface area contributed by atoms with E-state index in [1.165, 1.54) is 12.7 Å². The lowest BCUT2D eigenvalue weighted by atomic mass is 10.1. The molecule has 106 valence electrons. The second-order valence-electron chi connectivity index (χ2n) is 4.42. The zero-order valence-electron chi connectivity index (χ0n) is 12.0. The molecular formula is C15H23NO3. The van der Waals surface area contributed by atoms with Gasteiger partial charge in [-0.15, -0.1) is 0 Å². The van der Waals surface area contributed by atoms with Crippen molar-refractivity contribution in [2.75, 3.05) is 20.3 Å². The average Bonchev–Trinajstić information content (AvgIpc) is 2.42. The number of nitrogens with one attached hydrogen (secondary N) is 1. The standard InChI is InChI=1S/C15H23NO3/c1-4-16-11-13-10-12(2)7-8-14(13)19-9-5-6-15(17)18-3/h7-8,10,16H,4-6,9,11H2,1-3H3. The molecule has 0 aliphatic heterocycles. The third-order valence-electron chi connectivity index (χ3n) is 2.79. The van der Waals surface area contributed by atoms with E-state index in [-0.39, 0.29) is 5.97 Å². The van der Waals surface area contributed by atoms with Crippen LogP contribution in [0.1, 0.15) is 30.9 Å². The maximum Gasteiger partial charge on any atom is 0.305 e. The van der Waals surface area contributed by atoms with Gasteiger partial charge < -0.3 is 14.8 Å². The van der Waals surface area contributed by atoms with Crippen LogP contribution in [0.4, 0.5) is 0 Å². The number of rotatable bonds is 8. The van der Waals surface area contributed by atoms with Gasteiger partial charge in [-0.25, -0.2) is 0 Å². The molecule has 0 aliphatic rings. The number of carbonyl (C=O) groups is 1. The number of carbonyl (C=O) groups excluding carboxylic acids is 1. The molecule has 0 fully saturated rings. The Morgan fingerprint density at radius 3 is 2.84 bits per heavy atom. The van der Waals surface area contributed by atoms with E-state index in [4.69, 9.17) is 4.74 Å². The van der Waals surface area contributed by atoms with Crippen molar-refractivity contribution in [2.45, 2.75) is 33.2 Å². The van der Waals surface area contributed by atoms with Crippen LogP contribution >= 0.6 is 0 Å². The van der Waals surface area contributed by atoms with Crippen LogP contribution in [0.15, 0.2) is 18.2 Å². The van der Waals surface area contributed by atoms with Crippen molar-refractivity contribution in [3.05, 3.63) is 29.3 Å². The third-order valence-corrected chi connectivity index (χ3v) is 2.79. The fourth-order valence-corrected chi connectivity index (χ4v) is 1.75. The number of hydrogen-bond acceptors (Lipinski definition) is 4. The normalized spacial score (nSPS) is 10.3. The first-order valence-electron chi connectivity index (χ1n) is 6.67. The van der Waals surface area contributed by atoms with Crippen LogP contribution in [0.2, 0.25) is 0 Å². The molecule has 1 N–H and O–H groups in total. The Balaban J connectivity index is 2.49. The number of hydrogen-bond donors (Lipinski definition) is 1. The van der Waals surface area contributed by atoms with Gasteiger partial charge in [-0.2, -0.15) is 0 Å². The Labute approximate surface area is 115 Å². The summed E-state index contributed by atoms with van der Waals surface area (Å²) < 4.78 is 10.3. The number of methoxy groups -OCH3 is 1. The van der Waals surface area contributed by atoms with Gasteiger partial charge in [-0.1, -0.05) is 24.6 Å². The predicted molar refractivity (Wildman–Crippen MR) is 75.3 cm³/mol. The van der Waals surface area contributed by atoms with Crippen LogP contribution in [0.5, 0.6) is 5.75 Å². The molecule has 0 radical (unpaired) electrons. The summed E-state index contributed by atoms with van der Waals surface area (Å²) in [4.78, 5) is 11.0. The highest BCUT2D eigenvalue weighted by Gasteiger charge is 2.05. The van der Waals surface area contributed by atoms with Crippen molar-refractivity contribution in [1.82, 2.24) is 5.32 Å². The molecule has 0 heterocycles. The lowest BCUT2D eigenvalue weighted by molar-refractivity contribution is -0.140.